The first kappa shape index (κ1) is 14.0. The quantitative estimate of drug-likeness (QED) is 0.512. The number of thiocarbonyl (C=S) groups is 1. The van der Waals surface area contributed by atoms with Gasteiger partial charge in [-0.25, -0.2) is 0 Å². The average Bonchev–Trinajstić information content (AvgIpc) is 2.91. The lowest BCUT2D eigenvalue weighted by Gasteiger charge is -2.11. The second-order valence-corrected chi connectivity index (χ2v) is 4.50. The summed E-state index contributed by atoms with van der Waals surface area (Å²) in [5, 5.41) is 17.1. The normalized spacial score (nSPS) is 10.1. The molecule has 2 rings (SSSR count). The molecule has 0 aliphatic heterocycles. The number of nitro benzene ring substituents is 1. The number of rotatable bonds is 4. The van der Waals surface area contributed by atoms with Crippen LogP contribution in [-0.2, 0) is 6.54 Å². The molecule has 0 unspecified atom stereocenters. The Morgan fingerprint density at radius 2 is 2.20 bits per heavy atom. The summed E-state index contributed by atoms with van der Waals surface area (Å²) in [5.74, 6) is 0.755. The predicted octanol–water partition coefficient (Wildman–Crippen LogP) is 2.98. The molecule has 0 saturated heterocycles. The van der Waals surface area contributed by atoms with E-state index in [1.807, 2.05) is 6.07 Å². The fraction of sp³-hybridized carbons (Fsp3) is 0.154. The maximum Gasteiger partial charge on any atom is 0.274 e. The molecule has 0 aliphatic rings. The second kappa shape index (κ2) is 6.16. The van der Waals surface area contributed by atoms with Crippen LogP contribution >= 0.6 is 12.2 Å². The lowest BCUT2D eigenvalue weighted by molar-refractivity contribution is -0.385. The van der Waals surface area contributed by atoms with E-state index in [1.54, 1.807) is 31.4 Å². The van der Waals surface area contributed by atoms with Crippen molar-refractivity contribution in [1.29, 1.82) is 0 Å². The van der Waals surface area contributed by atoms with Crippen LogP contribution in [0.5, 0.6) is 0 Å². The topological polar surface area (TPSA) is 80.3 Å². The van der Waals surface area contributed by atoms with Crippen LogP contribution in [0, 0.1) is 17.0 Å². The average molecular weight is 291 g/mol. The third-order valence-corrected chi connectivity index (χ3v) is 3.00. The number of nitro groups is 1. The van der Waals surface area contributed by atoms with E-state index in [1.165, 1.54) is 6.07 Å². The summed E-state index contributed by atoms with van der Waals surface area (Å²) in [6.45, 7) is 2.13. The predicted molar refractivity (Wildman–Crippen MR) is 79.6 cm³/mol. The Kier molecular flexibility index (Phi) is 4.31. The van der Waals surface area contributed by atoms with Crippen molar-refractivity contribution in [3.05, 3.63) is 58.0 Å². The van der Waals surface area contributed by atoms with Gasteiger partial charge in [-0.15, -0.1) is 0 Å². The first-order chi connectivity index (χ1) is 9.58. The molecule has 1 aromatic heterocycles. The molecule has 1 heterocycles. The Balaban J connectivity index is 2.01. The van der Waals surface area contributed by atoms with Crippen molar-refractivity contribution in [2.24, 2.45) is 0 Å². The van der Waals surface area contributed by atoms with Crippen molar-refractivity contribution in [2.45, 2.75) is 13.5 Å². The van der Waals surface area contributed by atoms with Gasteiger partial charge in [0.15, 0.2) is 5.11 Å². The highest BCUT2D eigenvalue weighted by molar-refractivity contribution is 7.80. The number of hydrogen-bond acceptors (Lipinski definition) is 4. The number of benzene rings is 1. The van der Waals surface area contributed by atoms with Crippen molar-refractivity contribution >= 4 is 28.7 Å². The first-order valence-electron chi connectivity index (χ1n) is 5.89. The van der Waals surface area contributed by atoms with Gasteiger partial charge in [0.25, 0.3) is 5.69 Å². The van der Waals surface area contributed by atoms with Gasteiger partial charge in [0.05, 0.1) is 23.3 Å². The van der Waals surface area contributed by atoms with Gasteiger partial charge in [0.1, 0.15) is 5.76 Å². The molecule has 0 radical (unpaired) electrons. The van der Waals surface area contributed by atoms with Crippen molar-refractivity contribution in [1.82, 2.24) is 5.32 Å². The van der Waals surface area contributed by atoms with E-state index in [2.05, 4.69) is 10.6 Å². The maximum absolute atomic E-state index is 10.9. The fourth-order valence-corrected chi connectivity index (χ4v) is 1.89. The lowest BCUT2D eigenvalue weighted by atomic mass is 10.1. The smallest absolute Gasteiger partial charge is 0.274 e. The number of hydrogen-bond donors (Lipinski definition) is 2. The highest BCUT2D eigenvalue weighted by atomic mass is 32.1. The second-order valence-electron chi connectivity index (χ2n) is 4.09. The summed E-state index contributed by atoms with van der Waals surface area (Å²) in [6.07, 6.45) is 1.58. The Labute approximate surface area is 120 Å². The van der Waals surface area contributed by atoms with Crippen molar-refractivity contribution < 1.29 is 9.34 Å². The molecule has 6 nitrogen and oxygen atoms in total. The van der Waals surface area contributed by atoms with Gasteiger partial charge in [0, 0.05) is 11.8 Å². The highest BCUT2D eigenvalue weighted by Gasteiger charge is 2.13. The molecule has 2 N–H and O–H groups in total. The zero-order valence-corrected chi connectivity index (χ0v) is 11.6. The number of furan rings is 1. The Bertz CT molecular complexity index is 626. The molecular weight excluding hydrogens is 278 g/mol. The van der Waals surface area contributed by atoms with Gasteiger partial charge in [0.2, 0.25) is 0 Å². The van der Waals surface area contributed by atoms with Gasteiger partial charge in [-0.2, -0.15) is 0 Å². The van der Waals surface area contributed by atoms with Gasteiger partial charge in [-0.05, 0) is 37.3 Å². The van der Waals surface area contributed by atoms with E-state index in [-0.39, 0.29) is 5.69 Å². The minimum absolute atomic E-state index is 0.0591. The Morgan fingerprint density at radius 3 is 2.85 bits per heavy atom. The van der Waals surface area contributed by atoms with E-state index in [4.69, 9.17) is 16.6 Å². The monoisotopic (exact) mass is 291 g/mol. The Morgan fingerprint density at radius 1 is 1.40 bits per heavy atom. The molecule has 0 fully saturated rings. The number of nitrogens with zero attached hydrogens (tertiary/aromatic N) is 1. The molecule has 0 amide bonds. The lowest BCUT2D eigenvalue weighted by Crippen LogP contribution is -2.28. The zero-order chi connectivity index (χ0) is 14.5. The summed E-state index contributed by atoms with van der Waals surface area (Å²) >= 11 is 5.14. The number of anilines is 1. The van der Waals surface area contributed by atoms with Crippen LogP contribution in [0.15, 0.2) is 41.0 Å². The molecule has 104 valence electrons. The summed E-state index contributed by atoms with van der Waals surface area (Å²) < 4.78 is 5.17. The third-order valence-electron chi connectivity index (χ3n) is 2.75. The minimum Gasteiger partial charge on any atom is -0.467 e. The SMILES string of the molecule is Cc1c(NC(=S)NCc2ccco2)cccc1[N+](=O)[O-]. The Hall–Kier alpha value is -2.41. The maximum atomic E-state index is 10.9. The van der Waals surface area contributed by atoms with Crippen LogP contribution < -0.4 is 10.6 Å². The zero-order valence-electron chi connectivity index (χ0n) is 10.8. The van der Waals surface area contributed by atoms with Crippen LogP contribution in [0.2, 0.25) is 0 Å². The fourth-order valence-electron chi connectivity index (χ4n) is 1.70. The molecular formula is C13H13N3O3S. The summed E-state index contributed by atoms with van der Waals surface area (Å²) in [6, 6.07) is 8.43. The largest absolute Gasteiger partial charge is 0.467 e. The van der Waals surface area contributed by atoms with Crippen LogP contribution in [0.1, 0.15) is 11.3 Å². The van der Waals surface area contributed by atoms with Crippen LogP contribution in [0.3, 0.4) is 0 Å². The molecule has 2 aromatic rings. The van der Waals surface area contributed by atoms with Crippen LogP contribution in [0.4, 0.5) is 11.4 Å². The molecule has 20 heavy (non-hydrogen) atoms. The van der Waals surface area contributed by atoms with E-state index < -0.39 is 4.92 Å². The van der Waals surface area contributed by atoms with Crippen molar-refractivity contribution in [3.63, 3.8) is 0 Å². The number of nitrogens with one attached hydrogen (secondary N) is 2. The van der Waals surface area contributed by atoms with Crippen molar-refractivity contribution in [2.75, 3.05) is 5.32 Å². The highest BCUT2D eigenvalue weighted by Crippen LogP contribution is 2.24. The molecule has 0 atom stereocenters. The van der Waals surface area contributed by atoms with E-state index >= 15 is 0 Å². The summed E-state index contributed by atoms with van der Waals surface area (Å²) in [7, 11) is 0. The molecule has 0 saturated carbocycles. The van der Waals surface area contributed by atoms with Gasteiger partial charge < -0.3 is 15.1 Å². The van der Waals surface area contributed by atoms with Gasteiger partial charge in [-0.3, -0.25) is 10.1 Å². The summed E-state index contributed by atoms with van der Waals surface area (Å²) in [5.41, 5.74) is 1.21. The van der Waals surface area contributed by atoms with E-state index in [0.29, 0.717) is 22.9 Å². The van der Waals surface area contributed by atoms with Gasteiger partial charge >= 0.3 is 0 Å². The standard InChI is InChI=1S/C13H13N3O3S/c1-9-11(5-2-6-12(9)16(17)18)15-13(20)14-8-10-4-3-7-19-10/h2-7H,8H2,1H3,(H2,14,15,20). The van der Waals surface area contributed by atoms with Crippen LogP contribution in [0.25, 0.3) is 0 Å². The minimum atomic E-state index is -0.417. The summed E-state index contributed by atoms with van der Waals surface area (Å²) in [4.78, 5) is 10.4. The van der Waals surface area contributed by atoms with Crippen LogP contribution in [-0.4, -0.2) is 10.0 Å². The molecule has 0 spiro atoms. The van der Waals surface area contributed by atoms with Crippen molar-refractivity contribution in [3.8, 4) is 0 Å². The molecule has 0 bridgehead atoms. The molecule has 1 aromatic carbocycles. The molecule has 7 heteroatoms. The van der Waals surface area contributed by atoms with E-state index in [0.717, 1.165) is 5.76 Å². The first-order valence-corrected chi connectivity index (χ1v) is 6.30. The molecule has 0 aliphatic carbocycles. The van der Waals surface area contributed by atoms with E-state index in [9.17, 15) is 10.1 Å². The third kappa shape index (κ3) is 3.33. The van der Waals surface area contributed by atoms with Gasteiger partial charge in [-0.1, -0.05) is 6.07 Å².